The van der Waals surface area contributed by atoms with Crippen molar-refractivity contribution in [2.24, 2.45) is 0 Å². The molecule has 0 spiro atoms. The first-order valence-corrected chi connectivity index (χ1v) is 6.60. The summed E-state index contributed by atoms with van der Waals surface area (Å²) in [6, 6.07) is -0.631. The number of carbonyl (C=O) groups is 2. The largest absolute Gasteiger partial charge is 0.480 e. The SMILES string of the molecule is C[C@@H](NC(=O)N1CCC(N2CCCC2)C1)C(=O)O. The molecule has 2 saturated heterocycles. The summed E-state index contributed by atoms with van der Waals surface area (Å²) in [6.07, 6.45) is 3.49. The molecule has 0 aliphatic carbocycles. The van der Waals surface area contributed by atoms with E-state index < -0.39 is 12.0 Å². The molecule has 6 nitrogen and oxygen atoms in total. The smallest absolute Gasteiger partial charge is 0.325 e. The summed E-state index contributed by atoms with van der Waals surface area (Å²) in [6.45, 7) is 5.18. The zero-order chi connectivity index (χ0) is 13.1. The number of carbonyl (C=O) groups excluding carboxylic acids is 1. The fraction of sp³-hybridized carbons (Fsp3) is 0.833. The van der Waals surface area contributed by atoms with Crippen LogP contribution in [0.3, 0.4) is 0 Å². The Morgan fingerprint density at radius 3 is 2.56 bits per heavy atom. The third-order valence-electron chi connectivity index (χ3n) is 3.82. The van der Waals surface area contributed by atoms with Gasteiger partial charge < -0.3 is 15.3 Å². The topological polar surface area (TPSA) is 72.9 Å². The molecule has 0 saturated carbocycles. The minimum absolute atomic E-state index is 0.258. The minimum atomic E-state index is -1.00. The van der Waals surface area contributed by atoms with Gasteiger partial charge in [-0.2, -0.15) is 0 Å². The Morgan fingerprint density at radius 1 is 1.28 bits per heavy atom. The van der Waals surface area contributed by atoms with Crippen LogP contribution in [0.15, 0.2) is 0 Å². The number of amides is 2. The van der Waals surface area contributed by atoms with E-state index in [1.807, 2.05) is 0 Å². The molecule has 0 aromatic heterocycles. The van der Waals surface area contributed by atoms with Crippen LogP contribution in [-0.4, -0.2) is 65.2 Å². The molecule has 2 aliphatic rings. The van der Waals surface area contributed by atoms with E-state index in [1.165, 1.54) is 19.8 Å². The van der Waals surface area contributed by atoms with Crippen LogP contribution < -0.4 is 5.32 Å². The Balaban J connectivity index is 1.80. The van der Waals surface area contributed by atoms with E-state index in [1.54, 1.807) is 4.90 Å². The number of hydrogen-bond donors (Lipinski definition) is 2. The van der Waals surface area contributed by atoms with Gasteiger partial charge in [-0.15, -0.1) is 0 Å². The van der Waals surface area contributed by atoms with E-state index >= 15 is 0 Å². The zero-order valence-electron chi connectivity index (χ0n) is 10.8. The van der Waals surface area contributed by atoms with Gasteiger partial charge in [0.25, 0.3) is 0 Å². The van der Waals surface area contributed by atoms with Crippen molar-refractivity contribution in [1.29, 1.82) is 0 Å². The number of carboxylic acids is 1. The summed E-state index contributed by atoms with van der Waals surface area (Å²) < 4.78 is 0. The van der Waals surface area contributed by atoms with Crippen LogP contribution in [0.25, 0.3) is 0 Å². The summed E-state index contributed by atoms with van der Waals surface area (Å²) in [5.74, 6) is -1.00. The summed E-state index contributed by atoms with van der Waals surface area (Å²) in [5.41, 5.74) is 0. The second-order valence-corrected chi connectivity index (χ2v) is 5.14. The average molecular weight is 255 g/mol. The molecule has 0 bridgehead atoms. The first kappa shape index (κ1) is 13.1. The van der Waals surface area contributed by atoms with Crippen LogP contribution in [0.2, 0.25) is 0 Å². The molecular formula is C12H21N3O3. The van der Waals surface area contributed by atoms with Crippen LogP contribution in [0.4, 0.5) is 4.79 Å². The first-order chi connectivity index (χ1) is 8.58. The third-order valence-corrected chi connectivity index (χ3v) is 3.82. The Labute approximate surface area is 107 Å². The lowest BCUT2D eigenvalue weighted by atomic mass is 10.2. The van der Waals surface area contributed by atoms with Crippen molar-refractivity contribution in [2.75, 3.05) is 26.2 Å². The van der Waals surface area contributed by atoms with Gasteiger partial charge in [-0.05, 0) is 39.3 Å². The van der Waals surface area contributed by atoms with Gasteiger partial charge in [0.2, 0.25) is 0 Å². The number of rotatable bonds is 3. The molecule has 1 unspecified atom stereocenters. The highest BCUT2D eigenvalue weighted by Crippen LogP contribution is 2.20. The molecule has 2 aliphatic heterocycles. The maximum Gasteiger partial charge on any atom is 0.325 e. The Bertz CT molecular complexity index is 329. The van der Waals surface area contributed by atoms with E-state index in [0.29, 0.717) is 6.04 Å². The Hall–Kier alpha value is -1.30. The van der Waals surface area contributed by atoms with Crippen molar-refractivity contribution >= 4 is 12.0 Å². The molecule has 102 valence electrons. The van der Waals surface area contributed by atoms with Gasteiger partial charge in [0.1, 0.15) is 6.04 Å². The molecule has 6 heteroatoms. The third kappa shape index (κ3) is 2.93. The predicted octanol–water partition coefficient (Wildman–Crippen LogP) is 0.339. The van der Waals surface area contributed by atoms with Crippen LogP contribution in [0, 0.1) is 0 Å². The van der Waals surface area contributed by atoms with Crippen LogP contribution in [-0.2, 0) is 4.79 Å². The van der Waals surface area contributed by atoms with Crippen molar-refractivity contribution < 1.29 is 14.7 Å². The molecule has 2 fully saturated rings. The number of urea groups is 1. The summed E-state index contributed by atoms with van der Waals surface area (Å²) >= 11 is 0. The normalized spacial score (nSPS) is 26.3. The number of likely N-dealkylation sites (tertiary alicyclic amines) is 2. The summed E-state index contributed by atoms with van der Waals surface area (Å²) in [5, 5.41) is 11.3. The number of carboxylic acid groups (broad SMARTS) is 1. The van der Waals surface area contributed by atoms with E-state index in [9.17, 15) is 9.59 Å². The van der Waals surface area contributed by atoms with Gasteiger partial charge in [-0.25, -0.2) is 4.79 Å². The molecule has 2 heterocycles. The lowest BCUT2D eigenvalue weighted by Gasteiger charge is -2.24. The Kier molecular flexibility index (Phi) is 4.06. The highest BCUT2D eigenvalue weighted by molar-refractivity contribution is 5.82. The number of aliphatic carboxylic acids is 1. The van der Waals surface area contributed by atoms with Gasteiger partial charge in [0, 0.05) is 19.1 Å². The zero-order valence-corrected chi connectivity index (χ0v) is 10.8. The lowest BCUT2D eigenvalue weighted by Crippen LogP contribution is -2.46. The monoisotopic (exact) mass is 255 g/mol. The lowest BCUT2D eigenvalue weighted by molar-refractivity contribution is -0.138. The number of nitrogens with one attached hydrogen (secondary N) is 1. The van der Waals surface area contributed by atoms with Crippen molar-refractivity contribution in [3.8, 4) is 0 Å². The quantitative estimate of drug-likeness (QED) is 0.762. The van der Waals surface area contributed by atoms with E-state index in [0.717, 1.165) is 32.6 Å². The number of hydrogen-bond acceptors (Lipinski definition) is 3. The molecule has 0 radical (unpaired) electrons. The standard InChI is InChI=1S/C12H21N3O3/c1-9(11(16)17)13-12(18)15-7-4-10(8-15)14-5-2-3-6-14/h9-10H,2-8H2,1H3,(H,13,18)(H,16,17)/t9-,10?/m1/s1. The molecule has 2 atom stereocenters. The van der Waals surface area contributed by atoms with Gasteiger partial charge >= 0.3 is 12.0 Å². The van der Waals surface area contributed by atoms with Crippen LogP contribution in [0.5, 0.6) is 0 Å². The molecular weight excluding hydrogens is 234 g/mol. The highest BCUT2D eigenvalue weighted by Gasteiger charge is 2.32. The van der Waals surface area contributed by atoms with E-state index in [-0.39, 0.29) is 6.03 Å². The fourth-order valence-electron chi connectivity index (χ4n) is 2.67. The van der Waals surface area contributed by atoms with E-state index in [2.05, 4.69) is 10.2 Å². The molecule has 2 N–H and O–H groups in total. The summed E-state index contributed by atoms with van der Waals surface area (Å²) in [4.78, 5) is 26.7. The molecule has 0 aromatic carbocycles. The Morgan fingerprint density at radius 2 is 1.94 bits per heavy atom. The number of nitrogens with zero attached hydrogens (tertiary/aromatic N) is 2. The van der Waals surface area contributed by atoms with Crippen molar-refractivity contribution in [2.45, 2.75) is 38.3 Å². The van der Waals surface area contributed by atoms with E-state index in [4.69, 9.17) is 5.11 Å². The highest BCUT2D eigenvalue weighted by atomic mass is 16.4. The van der Waals surface area contributed by atoms with Crippen molar-refractivity contribution in [3.63, 3.8) is 0 Å². The minimum Gasteiger partial charge on any atom is -0.480 e. The van der Waals surface area contributed by atoms with Gasteiger partial charge in [0.15, 0.2) is 0 Å². The van der Waals surface area contributed by atoms with Crippen molar-refractivity contribution in [1.82, 2.24) is 15.1 Å². The molecule has 2 amide bonds. The van der Waals surface area contributed by atoms with Gasteiger partial charge in [-0.1, -0.05) is 0 Å². The molecule has 18 heavy (non-hydrogen) atoms. The molecule has 0 aromatic rings. The first-order valence-electron chi connectivity index (χ1n) is 6.60. The van der Waals surface area contributed by atoms with Gasteiger partial charge in [0.05, 0.1) is 0 Å². The van der Waals surface area contributed by atoms with Crippen LogP contribution in [0.1, 0.15) is 26.2 Å². The maximum atomic E-state index is 11.9. The average Bonchev–Trinajstić information content (AvgIpc) is 2.99. The summed E-state index contributed by atoms with van der Waals surface area (Å²) in [7, 11) is 0. The second-order valence-electron chi connectivity index (χ2n) is 5.14. The molecule has 2 rings (SSSR count). The second kappa shape index (κ2) is 5.56. The predicted molar refractivity (Wildman–Crippen MR) is 66.4 cm³/mol. The fourth-order valence-corrected chi connectivity index (χ4v) is 2.67. The van der Waals surface area contributed by atoms with Crippen LogP contribution >= 0.6 is 0 Å². The van der Waals surface area contributed by atoms with Crippen molar-refractivity contribution in [3.05, 3.63) is 0 Å². The maximum absolute atomic E-state index is 11.9. The van der Waals surface area contributed by atoms with Gasteiger partial charge in [-0.3, -0.25) is 9.69 Å².